The summed E-state index contributed by atoms with van der Waals surface area (Å²) in [6.07, 6.45) is 1.32. The molecular formula is C16H26F3N5O. The molecule has 0 bridgehead atoms. The molecule has 0 saturated heterocycles. The van der Waals surface area contributed by atoms with Crippen molar-refractivity contribution in [2.75, 3.05) is 27.3 Å². The minimum atomic E-state index is -4.47. The average Bonchev–Trinajstić information content (AvgIpc) is 2.90. The van der Waals surface area contributed by atoms with Crippen LogP contribution in [0.5, 0.6) is 0 Å². The number of ether oxygens (including phenoxy) is 1. The van der Waals surface area contributed by atoms with Gasteiger partial charge in [-0.05, 0) is 24.7 Å². The van der Waals surface area contributed by atoms with E-state index in [-0.39, 0.29) is 17.5 Å². The number of methoxy groups -OCH3 is 1. The van der Waals surface area contributed by atoms with E-state index < -0.39 is 11.9 Å². The Morgan fingerprint density at radius 2 is 2.12 bits per heavy atom. The van der Waals surface area contributed by atoms with Crippen LogP contribution >= 0.6 is 0 Å². The van der Waals surface area contributed by atoms with Crippen LogP contribution in [-0.2, 0) is 24.5 Å². The molecule has 0 aliphatic heterocycles. The lowest BCUT2D eigenvalue weighted by atomic mass is 9.67. The maximum absolute atomic E-state index is 13.0. The first-order valence-electron chi connectivity index (χ1n) is 8.33. The first kappa shape index (κ1) is 19.6. The molecule has 0 atom stereocenters. The number of nitrogens with zero attached hydrogens (tertiary/aromatic N) is 3. The van der Waals surface area contributed by atoms with E-state index >= 15 is 0 Å². The summed E-state index contributed by atoms with van der Waals surface area (Å²) < 4.78 is 45.3. The molecular weight excluding hydrogens is 335 g/mol. The van der Waals surface area contributed by atoms with Crippen LogP contribution in [0.3, 0.4) is 0 Å². The van der Waals surface area contributed by atoms with Gasteiger partial charge in [-0.15, -0.1) is 0 Å². The van der Waals surface area contributed by atoms with Crippen LogP contribution in [-0.4, -0.2) is 43.0 Å². The van der Waals surface area contributed by atoms with Gasteiger partial charge in [0, 0.05) is 52.7 Å². The Labute approximate surface area is 145 Å². The summed E-state index contributed by atoms with van der Waals surface area (Å²) in [6.45, 7) is 1.45. The zero-order valence-corrected chi connectivity index (χ0v) is 14.9. The highest BCUT2D eigenvalue weighted by molar-refractivity contribution is 5.79. The zero-order valence-electron chi connectivity index (χ0n) is 14.9. The monoisotopic (exact) mass is 361 g/mol. The van der Waals surface area contributed by atoms with E-state index in [1.807, 2.05) is 0 Å². The van der Waals surface area contributed by atoms with Crippen molar-refractivity contribution in [2.45, 2.75) is 38.4 Å². The summed E-state index contributed by atoms with van der Waals surface area (Å²) in [4.78, 5) is 4.10. The first-order chi connectivity index (χ1) is 11.8. The highest BCUT2D eigenvalue weighted by Gasteiger charge is 2.37. The standard InChI is InChI=1S/C16H26F3N5O/c1-20-14(22-11-15(5-4-6-15)7-8-25-3)21-9-12-10-24(2)23-13(12)16(17,18)19/h10H,4-9,11H2,1-3H3,(H2,20,21,22). The van der Waals surface area contributed by atoms with Gasteiger partial charge in [-0.1, -0.05) is 6.42 Å². The molecule has 0 radical (unpaired) electrons. The fraction of sp³-hybridized carbons (Fsp3) is 0.750. The van der Waals surface area contributed by atoms with E-state index in [1.165, 1.54) is 24.3 Å². The summed E-state index contributed by atoms with van der Waals surface area (Å²) in [5.74, 6) is 0.487. The van der Waals surface area contributed by atoms with Gasteiger partial charge in [-0.3, -0.25) is 9.67 Å². The largest absolute Gasteiger partial charge is 0.435 e. The van der Waals surface area contributed by atoms with E-state index in [0.29, 0.717) is 12.6 Å². The highest BCUT2D eigenvalue weighted by Crippen LogP contribution is 2.43. The Morgan fingerprint density at radius 1 is 1.40 bits per heavy atom. The third-order valence-electron chi connectivity index (χ3n) is 4.72. The number of alkyl halides is 3. The van der Waals surface area contributed by atoms with E-state index in [2.05, 4.69) is 20.7 Å². The highest BCUT2D eigenvalue weighted by atomic mass is 19.4. The molecule has 0 aromatic carbocycles. The minimum absolute atomic E-state index is 0.00737. The third kappa shape index (κ3) is 5.10. The number of hydrogen-bond donors (Lipinski definition) is 2. The van der Waals surface area contributed by atoms with Crippen molar-refractivity contribution in [3.63, 3.8) is 0 Å². The lowest BCUT2D eigenvalue weighted by Gasteiger charge is -2.42. The SMILES string of the molecule is CN=C(NCc1cn(C)nc1C(F)(F)F)NCC1(CCOC)CCC1. The molecule has 1 fully saturated rings. The van der Waals surface area contributed by atoms with Crippen molar-refractivity contribution >= 4 is 5.96 Å². The van der Waals surface area contributed by atoms with E-state index in [9.17, 15) is 13.2 Å². The van der Waals surface area contributed by atoms with Gasteiger partial charge in [0.15, 0.2) is 11.7 Å². The van der Waals surface area contributed by atoms with Gasteiger partial charge in [0.2, 0.25) is 0 Å². The van der Waals surface area contributed by atoms with Gasteiger partial charge >= 0.3 is 6.18 Å². The summed E-state index contributed by atoms with van der Waals surface area (Å²) in [6, 6.07) is 0. The fourth-order valence-corrected chi connectivity index (χ4v) is 3.09. The van der Waals surface area contributed by atoms with Gasteiger partial charge < -0.3 is 15.4 Å². The normalized spacial score (nSPS) is 17.3. The second-order valence-electron chi connectivity index (χ2n) is 6.55. The minimum Gasteiger partial charge on any atom is -0.385 e. The molecule has 1 aliphatic rings. The van der Waals surface area contributed by atoms with Crippen molar-refractivity contribution in [1.82, 2.24) is 20.4 Å². The molecule has 1 heterocycles. The van der Waals surface area contributed by atoms with E-state index in [4.69, 9.17) is 4.74 Å². The van der Waals surface area contributed by atoms with Gasteiger partial charge in [0.25, 0.3) is 0 Å². The molecule has 2 N–H and O–H groups in total. The molecule has 1 aliphatic carbocycles. The maximum Gasteiger partial charge on any atom is 0.435 e. The van der Waals surface area contributed by atoms with E-state index in [1.54, 1.807) is 14.2 Å². The Bertz CT molecular complexity index is 593. The maximum atomic E-state index is 13.0. The summed E-state index contributed by atoms with van der Waals surface area (Å²) in [7, 11) is 4.76. The number of rotatable bonds is 7. The van der Waals surface area contributed by atoms with Crippen molar-refractivity contribution in [3.05, 3.63) is 17.5 Å². The average molecular weight is 361 g/mol. The number of aryl methyl sites for hydroxylation is 1. The van der Waals surface area contributed by atoms with Gasteiger partial charge in [-0.2, -0.15) is 18.3 Å². The Hall–Kier alpha value is -1.77. The number of aromatic nitrogens is 2. The Balaban J connectivity index is 1.91. The second kappa shape index (κ2) is 8.07. The van der Waals surface area contributed by atoms with Crippen LogP contribution in [0.15, 0.2) is 11.2 Å². The molecule has 9 heteroatoms. The number of aliphatic imine (C=N–C) groups is 1. The zero-order chi connectivity index (χ0) is 18.5. The predicted octanol–water partition coefficient (Wildman–Crippen LogP) is 2.31. The van der Waals surface area contributed by atoms with Gasteiger partial charge in [0.05, 0.1) is 0 Å². The molecule has 2 rings (SSSR count). The number of hydrogen-bond acceptors (Lipinski definition) is 3. The van der Waals surface area contributed by atoms with Crippen LogP contribution in [0.4, 0.5) is 13.2 Å². The van der Waals surface area contributed by atoms with Gasteiger partial charge in [-0.25, -0.2) is 0 Å². The van der Waals surface area contributed by atoms with Crippen molar-refractivity contribution in [2.24, 2.45) is 17.5 Å². The molecule has 25 heavy (non-hydrogen) atoms. The molecule has 6 nitrogen and oxygen atoms in total. The summed E-state index contributed by atoms with van der Waals surface area (Å²) >= 11 is 0. The van der Waals surface area contributed by atoms with Crippen LogP contribution in [0.2, 0.25) is 0 Å². The summed E-state index contributed by atoms with van der Waals surface area (Å²) in [5, 5.41) is 9.68. The van der Waals surface area contributed by atoms with E-state index in [0.717, 1.165) is 25.8 Å². The van der Waals surface area contributed by atoms with Crippen LogP contribution in [0, 0.1) is 5.41 Å². The Morgan fingerprint density at radius 3 is 2.64 bits per heavy atom. The molecule has 1 aromatic heterocycles. The van der Waals surface area contributed by atoms with Crippen molar-refractivity contribution in [3.8, 4) is 0 Å². The molecule has 0 spiro atoms. The molecule has 0 amide bonds. The fourth-order valence-electron chi connectivity index (χ4n) is 3.09. The second-order valence-corrected chi connectivity index (χ2v) is 6.55. The number of halogens is 3. The van der Waals surface area contributed by atoms with Crippen molar-refractivity contribution in [1.29, 1.82) is 0 Å². The van der Waals surface area contributed by atoms with Gasteiger partial charge in [0.1, 0.15) is 0 Å². The van der Waals surface area contributed by atoms with Crippen molar-refractivity contribution < 1.29 is 17.9 Å². The summed E-state index contributed by atoms with van der Waals surface area (Å²) in [5.41, 5.74) is -0.580. The molecule has 0 unspecified atom stereocenters. The van der Waals surface area contributed by atoms with Crippen LogP contribution < -0.4 is 10.6 Å². The smallest absolute Gasteiger partial charge is 0.385 e. The quantitative estimate of drug-likeness (QED) is 0.578. The first-order valence-corrected chi connectivity index (χ1v) is 8.33. The number of guanidine groups is 1. The molecule has 1 aromatic rings. The predicted molar refractivity (Wildman–Crippen MR) is 89.2 cm³/mol. The van der Waals surface area contributed by atoms with Crippen LogP contribution in [0.1, 0.15) is 36.9 Å². The Kier molecular flexibility index (Phi) is 6.31. The third-order valence-corrected chi connectivity index (χ3v) is 4.72. The lowest BCUT2D eigenvalue weighted by Crippen LogP contribution is -2.46. The van der Waals surface area contributed by atoms with Crippen LogP contribution in [0.25, 0.3) is 0 Å². The lowest BCUT2D eigenvalue weighted by molar-refractivity contribution is -0.142. The molecule has 1 saturated carbocycles. The topological polar surface area (TPSA) is 63.5 Å². The molecule has 142 valence electrons. The number of nitrogens with one attached hydrogen (secondary N) is 2.